The van der Waals surface area contributed by atoms with Crippen LogP contribution in [0.4, 0.5) is 14.7 Å². The number of benzene rings is 1. The largest absolute Gasteiger partial charge is 0.354 e. The van der Waals surface area contributed by atoms with Crippen LogP contribution in [0.2, 0.25) is 0 Å². The van der Waals surface area contributed by atoms with Gasteiger partial charge in [-0.25, -0.2) is 13.8 Å². The second-order valence-corrected chi connectivity index (χ2v) is 8.53. The minimum atomic E-state index is -0.843. The first kappa shape index (κ1) is 21.2. The van der Waals surface area contributed by atoms with Crippen LogP contribution in [0.1, 0.15) is 48.6 Å². The number of alkyl halides is 1. The quantitative estimate of drug-likeness (QED) is 0.594. The van der Waals surface area contributed by atoms with Gasteiger partial charge in [0.05, 0.1) is 12.6 Å². The van der Waals surface area contributed by atoms with Crippen LogP contribution in [0.5, 0.6) is 0 Å². The van der Waals surface area contributed by atoms with E-state index in [1.165, 1.54) is 12.1 Å². The molecule has 170 valence electrons. The Bertz CT molecular complexity index is 1270. The fourth-order valence-electron chi connectivity index (χ4n) is 4.38. The number of aromatic nitrogens is 4. The van der Waals surface area contributed by atoms with E-state index in [9.17, 15) is 13.6 Å². The molecule has 1 unspecified atom stereocenters. The predicted octanol–water partition coefficient (Wildman–Crippen LogP) is 3.94. The molecule has 3 aromatic rings. The summed E-state index contributed by atoms with van der Waals surface area (Å²) >= 11 is 0. The number of amides is 1. The Morgan fingerprint density at radius 1 is 1.30 bits per heavy atom. The zero-order valence-electron chi connectivity index (χ0n) is 18.0. The van der Waals surface area contributed by atoms with Crippen molar-refractivity contribution >= 4 is 23.6 Å². The van der Waals surface area contributed by atoms with Gasteiger partial charge in [-0.05, 0) is 55.0 Å². The number of halogens is 2. The third-order valence-corrected chi connectivity index (χ3v) is 6.09. The summed E-state index contributed by atoms with van der Waals surface area (Å²) in [5.74, 6) is 0.646. The van der Waals surface area contributed by atoms with Crippen molar-refractivity contribution in [1.29, 1.82) is 0 Å². The van der Waals surface area contributed by atoms with Gasteiger partial charge < -0.3 is 10.6 Å². The van der Waals surface area contributed by atoms with Gasteiger partial charge in [-0.15, -0.1) is 0 Å². The molecule has 1 amide bonds. The van der Waals surface area contributed by atoms with E-state index in [1.54, 1.807) is 16.8 Å². The summed E-state index contributed by atoms with van der Waals surface area (Å²) in [5, 5.41) is 10.4. The minimum Gasteiger partial charge on any atom is -0.354 e. The fraction of sp³-hybridized carbons (Fsp3) is 0.333. The molecule has 1 saturated carbocycles. The molecule has 2 aromatic heterocycles. The highest BCUT2D eigenvalue weighted by molar-refractivity contribution is 5.89. The molecule has 3 heterocycles. The molecule has 2 atom stereocenters. The molecule has 1 aliphatic heterocycles. The zero-order valence-corrected chi connectivity index (χ0v) is 18.0. The number of nitrogens with zero attached hydrogens (tertiary/aromatic N) is 4. The van der Waals surface area contributed by atoms with E-state index in [0.29, 0.717) is 55.3 Å². The highest BCUT2D eigenvalue weighted by Gasteiger charge is 2.29. The number of allylic oxidation sites excluding steroid dienone is 1. The van der Waals surface area contributed by atoms with Crippen molar-refractivity contribution in [2.24, 2.45) is 0 Å². The first-order valence-electron chi connectivity index (χ1n) is 11.0. The van der Waals surface area contributed by atoms with Crippen molar-refractivity contribution in [3.8, 4) is 0 Å². The van der Waals surface area contributed by atoms with Crippen LogP contribution >= 0.6 is 0 Å². The van der Waals surface area contributed by atoms with Gasteiger partial charge in [0.15, 0.2) is 5.65 Å². The number of nitrogens with one attached hydrogen (secondary N) is 2. The zero-order chi connectivity index (χ0) is 22.9. The number of anilines is 1. The summed E-state index contributed by atoms with van der Waals surface area (Å²) in [7, 11) is 0. The molecule has 9 heteroatoms. The monoisotopic (exact) mass is 450 g/mol. The van der Waals surface area contributed by atoms with Gasteiger partial charge in [0.2, 0.25) is 11.9 Å². The lowest BCUT2D eigenvalue weighted by atomic mass is 10.1. The van der Waals surface area contributed by atoms with Crippen molar-refractivity contribution in [3.63, 3.8) is 0 Å². The highest BCUT2D eigenvalue weighted by Crippen LogP contribution is 2.35. The van der Waals surface area contributed by atoms with Gasteiger partial charge >= 0.3 is 0 Å². The van der Waals surface area contributed by atoms with Crippen LogP contribution in [0, 0.1) is 5.82 Å². The van der Waals surface area contributed by atoms with E-state index in [4.69, 9.17) is 4.98 Å². The van der Waals surface area contributed by atoms with E-state index in [-0.39, 0.29) is 24.1 Å². The fourth-order valence-corrected chi connectivity index (χ4v) is 4.38. The third kappa shape index (κ3) is 4.48. The highest BCUT2D eigenvalue weighted by atomic mass is 19.1. The van der Waals surface area contributed by atoms with Crippen molar-refractivity contribution < 1.29 is 13.6 Å². The number of carbonyl (C=O) groups is 1. The SMILES string of the molecule is C=C1NC(=O)C/C1=C\c1cnn2c(NCCc3cccc(F)c3)nc(C3CC[C@H](F)C3)nc12. The average Bonchev–Trinajstić information content (AvgIpc) is 3.47. The van der Waals surface area contributed by atoms with Crippen LogP contribution in [0.25, 0.3) is 11.7 Å². The molecular weight excluding hydrogens is 426 g/mol. The Morgan fingerprint density at radius 3 is 2.91 bits per heavy atom. The smallest absolute Gasteiger partial charge is 0.228 e. The third-order valence-electron chi connectivity index (χ3n) is 6.09. The van der Waals surface area contributed by atoms with Crippen molar-refractivity contribution in [2.75, 3.05) is 11.9 Å². The lowest BCUT2D eigenvalue weighted by Crippen LogP contribution is -2.14. The Balaban J connectivity index is 1.47. The molecule has 5 rings (SSSR count). The summed E-state index contributed by atoms with van der Waals surface area (Å²) in [6.45, 7) is 4.40. The molecule has 2 aliphatic rings. The Labute approximate surface area is 189 Å². The van der Waals surface area contributed by atoms with Crippen LogP contribution in [-0.2, 0) is 11.2 Å². The number of hydrogen-bond acceptors (Lipinski definition) is 5. The molecule has 2 N–H and O–H groups in total. The van der Waals surface area contributed by atoms with Crippen molar-refractivity contribution in [1.82, 2.24) is 24.9 Å². The Hall–Kier alpha value is -3.62. The molecule has 0 bridgehead atoms. The molecule has 33 heavy (non-hydrogen) atoms. The van der Waals surface area contributed by atoms with Gasteiger partial charge in [0.1, 0.15) is 17.8 Å². The Kier molecular flexibility index (Phi) is 5.62. The van der Waals surface area contributed by atoms with E-state index >= 15 is 0 Å². The molecule has 1 aromatic carbocycles. The van der Waals surface area contributed by atoms with Gasteiger partial charge in [-0.2, -0.15) is 14.6 Å². The molecule has 1 aliphatic carbocycles. The molecule has 0 radical (unpaired) electrons. The lowest BCUT2D eigenvalue weighted by Gasteiger charge is -2.13. The molecule has 2 fully saturated rings. The summed E-state index contributed by atoms with van der Waals surface area (Å²) < 4.78 is 29.0. The van der Waals surface area contributed by atoms with Gasteiger partial charge in [0, 0.05) is 23.7 Å². The Morgan fingerprint density at radius 2 is 2.18 bits per heavy atom. The van der Waals surface area contributed by atoms with Crippen molar-refractivity contribution in [2.45, 2.75) is 44.2 Å². The second kappa shape index (κ2) is 8.73. The number of rotatable bonds is 6. The second-order valence-electron chi connectivity index (χ2n) is 8.53. The maximum absolute atomic E-state index is 13.9. The summed E-state index contributed by atoms with van der Waals surface area (Å²) in [4.78, 5) is 21.1. The van der Waals surface area contributed by atoms with Gasteiger partial charge in [-0.3, -0.25) is 4.79 Å². The minimum absolute atomic E-state index is 0.0612. The van der Waals surface area contributed by atoms with Crippen LogP contribution in [-0.4, -0.2) is 38.2 Å². The summed E-state index contributed by atoms with van der Waals surface area (Å²) in [6.07, 6.45) is 5.12. The number of hydrogen-bond donors (Lipinski definition) is 2. The van der Waals surface area contributed by atoms with E-state index in [1.807, 2.05) is 12.1 Å². The molecule has 7 nitrogen and oxygen atoms in total. The first-order valence-corrected chi connectivity index (χ1v) is 11.0. The number of fused-ring (bicyclic) bond motifs is 1. The molecule has 0 spiro atoms. The van der Waals surface area contributed by atoms with E-state index in [0.717, 1.165) is 16.7 Å². The maximum atomic E-state index is 13.9. The lowest BCUT2D eigenvalue weighted by molar-refractivity contribution is -0.118. The van der Waals surface area contributed by atoms with Crippen LogP contribution in [0.3, 0.4) is 0 Å². The van der Waals surface area contributed by atoms with Crippen LogP contribution in [0.15, 0.2) is 48.3 Å². The van der Waals surface area contributed by atoms with Gasteiger partial charge in [-0.1, -0.05) is 18.7 Å². The normalized spacial score (nSPS) is 21.8. The van der Waals surface area contributed by atoms with Crippen LogP contribution < -0.4 is 10.6 Å². The first-order chi connectivity index (χ1) is 16.0. The van der Waals surface area contributed by atoms with Crippen molar-refractivity contribution in [3.05, 3.63) is 71.1 Å². The predicted molar refractivity (Wildman–Crippen MR) is 121 cm³/mol. The van der Waals surface area contributed by atoms with E-state index < -0.39 is 6.17 Å². The summed E-state index contributed by atoms with van der Waals surface area (Å²) in [5.41, 5.74) is 3.52. The van der Waals surface area contributed by atoms with Gasteiger partial charge in [0.25, 0.3) is 0 Å². The molecular formula is C24H24F2N6O. The topological polar surface area (TPSA) is 84.2 Å². The number of carbonyl (C=O) groups excluding carboxylic acids is 1. The van der Waals surface area contributed by atoms with E-state index in [2.05, 4.69) is 27.3 Å². The standard InChI is InChI=1S/C24H24F2N6O/c1-14-17(12-21(33)29-14)10-18-13-28-32-23(18)30-22(16-5-6-20(26)11-16)31-24(32)27-8-7-15-3-2-4-19(25)9-15/h2-4,9-10,13,16,20H,1,5-8,11-12H2,(H,29,33)(H,27,30,31)/b17-10+/t16?,20-/m0/s1. The maximum Gasteiger partial charge on any atom is 0.228 e. The molecule has 1 saturated heterocycles. The summed E-state index contributed by atoms with van der Waals surface area (Å²) in [6, 6.07) is 6.47. The average molecular weight is 450 g/mol.